The minimum absolute atomic E-state index is 0.00841. The number of hydrogen-bond acceptors (Lipinski definition) is 4. The topological polar surface area (TPSA) is 98.3 Å². The average molecular weight is 337 g/mol. The molecule has 0 fully saturated rings. The van der Waals surface area contributed by atoms with Crippen molar-refractivity contribution in [3.8, 4) is 11.3 Å². The van der Waals surface area contributed by atoms with Crippen molar-refractivity contribution < 1.29 is 14.8 Å². The van der Waals surface area contributed by atoms with Crippen molar-refractivity contribution in [3.05, 3.63) is 81.5 Å². The fourth-order valence-electron chi connectivity index (χ4n) is 2.60. The molecule has 0 saturated carbocycles. The first-order valence-electron chi connectivity index (χ1n) is 7.56. The Balaban J connectivity index is 2.05. The number of carbonyl (C=O) groups is 1. The maximum atomic E-state index is 11.6. The number of aryl methyl sites for hydroxylation is 1. The van der Waals surface area contributed by atoms with Crippen molar-refractivity contribution in [2.75, 3.05) is 0 Å². The van der Waals surface area contributed by atoms with Crippen LogP contribution >= 0.6 is 0 Å². The second-order valence-corrected chi connectivity index (χ2v) is 5.64. The maximum absolute atomic E-state index is 11.6. The molecular weight excluding hydrogens is 322 g/mol. The van der Waals surface area contributed by atoms with Gasteiger partial charge < -0.3 is 5.11 Å². The molecular formula is C18H15N3O4. The van der Waals surface area contributed by atoms with E-state index in [9.17, 15) is 20.0 Å². The Morgan fingerprint density at radius 3 is 2.60 bits per heavy atom. The highest BCUT2D eigenvalue weighted by Crippen LogP contribution is 2.28. The van der Waals surface area contributed by atoms with E-state index < -0.39 is 10.9 Å². The molecule has 0 aliphatic heterocycles. The van der Waals surface area contributed by atoms with Crippen molar-refractivity contribution in [2.24, 2.45) is 0 Å². The predicted molar refractivity (Wildman–Crippen MR) is 91.6 cm³/mol. The first-order valence-corrected chi connectivity index (χ1v) is 7.56. The van der Waals surface area contributed by atoms with E-state index >= 15 is 0 Å². The molecule has 0 radical (unpaired) electrons. The van der Waals surface area contributed by atoms with E-state index in [4.69, 9.17) is 0 Å². The standard InChI is InChI=1S/C18H15N3O4/c1-12-7-8-14(9-16(12)21(24)25)17-15(18(22)23)11-20(19-17)10-13-5-3-2-4-6-13/h2-9,11H,10H2,1H3,(H,22,23). The molecule has 7 nitrogen and oxygen atoms in total. The molecule has 0 bridgehead atoms. The molecule has 0 spiro atoms. The van der Waals surface area contributed by atoms with Crippen LogP contribution in [0.1, 0.15) is 21.5 Å². The zero-order chi connectivity index (χ0) is 18.0. The molecule has 2 aromatic carbocycles. The molecule has 0 atom stereocenters. The number of benzene rings is 2. The van der Waals surface area contributed by atoms with Crippen LogP contribution in [0.3, 0.4) is 0 Å². The van der Waals surface area contributed by atoms with Crippen molar-refractivity contribution in [2.45, 2.75) is 13.5 Å². The Bertz CT molecular complexity index is 948. The smallest absolute Gasteiger partial charge is 0.339 e. The number of carboxylic acid groups (broad SMARTS) is 1. The Kier molecular flexibility index (Phi) is 4.30. The molecule has 1 N–H and O–H groups in total. The number of nitrogens with zero attached hydrogens (tertiary/aromatic N) is 3. The van der Waals surface area contributed by atoms with E-state index in [2.05, 4.69) is 5.10 Å². The first kappa shape index (κ1) is 16.4. The van der Waals surface area contributed by atoms with E-state index in [1.807, 2.05) is 30.3 Å². The highest BCUT2D eigenvalue weighted by molar-refractivity contribution is 5.94. The summed E-state index contributed by atoms with van der Waals surface area (Å²) in [5.74, 6) is -1.13. The number of nitro groups is 1. The molecule has 0 aliphatic rings. The van der Waals surface area contributed by atoms with Crippen LogP contribution in [0.2, 0.25) is 0 Å². The van der Waals surface area contributed by atoms with Gasteiger partial charge in [0, 0.05) is 23.4 Å². The van der Waals surface area contributed by atoms with Crippen molar-refractivity contribution in [3.63, 3.8) is 0 Å². The summed E-state index contributed by atoms with van der Waals surface area (Å²) in [5, 5.41) is 24.9. The van der Waals surface area contributed by atoms with Gasteiger partial charge in [0.25, 0.3) is 5.69 Å². The summed E-state index contributed by atoms with van der Waals surface area (Å²) < 4.78 is 1.53. The van der Waals surface area contributed by atoms with Gasteiger partial charge in [-0.3, -0.25) is 14.8 Å². The van der Waals surface area contributed by atoms with Crippen LogP contribution in [-0.2, 0) is 6.54 Å². The van der Waals surface area contributed by atoms with Gasteiger partial charge in [-0.25, -0.2) is 4.79 Å². The molecule has 0 saturated heterocycles. The van der Waals surface area contributed by atoms with Crippen molar-refractivity contribution >= 4 is 11.7 Å². The van der Waals surface area contributed by atoms with Crippen LogP contribution in [0.25, 0.3) is 11.3 Å². The molecule has 3 rings (SSSR count). The van der Waals surface area contributed by atoms with E-state index in [1.54, 1.807) is 19.1 Å². The van der Waals surface area contributed by atoms with Crippen LogP contribution in [0.5, 0.6) is 0 Å². The SMILES string of the molecule is Cc1ccc(-c2nn(Cc3ccccc3)cc2C(=O)O)cc1[N+](=O)[O-]. The van der Waals surface area contributed by atoms with E-state index in [-0.39, 0.29) is 16.9 Å². The van der Waals surface area contributed by atoms with E-state index in [1.165, 1.54) is 16.9 Å². The Morgan fingerprint density at radius 1 is 1.24 bits per heavy atom. The summed E-state index contributed by atoms with van der Waals surface area (Å²) in [6.45, 7) is 2.04. The number of nitro benzene ring substituents is 1. The van der Waals surface area contributed by atoms with Gasteiger partial charge in [-0.15, -0.1) is 0 Å². The summed E-state index contributed by atoms with van der Waals surface area (Å²) in [6, 6.07) is 14.1. The molecule has 126 valence electrons. The molecule has 0 amide bonds. The number of hydrogen-bond donors (Lipinski definition) is 1. The third kappa shape index (κ3) is 3.40. The van der Waals surface area contributed by atoms with Crippen LogP contribution in [0.15, 0.2) is 54.7 Å². The summed E-state index contributed by atoms with van der Waals surface area (Å²) in [7, 11) is 0. The van der Waals surface area contributed by atoms with Crippen molar-refractivity contribution in [1.82, 2.24) is 9.78 Å². The quantitative estimate of drug-likeness (QED) is 0.567. The van der Waals surface area contributed by atoms with Gasteiger partial charge in [0.2, 0.25) is 0 Å². The van der Waals surface area contributed by atoms with Gasteiger partial charge >= 0.3 is 5.97 Å². The minimum Gasteiger partial charge on any atom is -0.478 e. The normalized spacial score (nSPS) is 10.6. The fraction of sp³-hybridized carbons (Fsp3) is 0.111. The van der Waals surface area contributed by atoms with Crippen LogP contribution < -0.4 is 0 Å². The zero-order valence-electron chi connectivity index (χ0n) is 13.4. The summed E-state index contributed by atoms with van der Waals surface area (Å²) in [5.41, 5.74) is 2.05. The zero-order valence-corrected chi connectivity index (χ0v) is 13.4. The van der Waals surface area contributed by atoms with E-state index in [0.717, 1.165) is 5.56 Å². The highest BCUT2D eigenvalue weighted by Gasteiger charge is 2.20. The molecule has 0 unspecified atom stereocenters. The molecule has 1 heterocycles. The van der Waals surface area contributed by atoms with Gasteiger partial charge in [-0.1, -0.05) is 42.5 Å². The third-order valence-electron chi connectivity index (χ3n) is 3.86. The van der Waals surface area contributed by atoms with Crippen LogP contribution in [0, 0.1) is 17.0 Å². The lowest BCUT2D eigenvalue weighted by Crippen LogP contribution is -2.00. The lowest BCUT2D eigenvalue weighted by atomic mass is 10.0. The lowest BCUT2D eigenvalue weighted by molar-refractivity contribution is -0.385. The summed E-state index contributed by atoms with van der Waals surface area (Å²) in [4.78, 5) is 22.2. The Labute approximate surface area is 143 Å². The molecule has 1 aromatic heterocycles. The molecule has 25 heavy (non-hydrogen) atoms. The fourth-order valence-corrected chi connectivity index (χ4v) is 2.60. The van der Waals surface area contributed by atoms with Crippen LogP contribution in [0.4, 0.5) is 5.69 Å². The van der Waals surface area contributed by atoms with Crippen LogP contribution in [-0.4, -0.2) is 25.8 Å². The number of aromatic nitrogens is 2. The number of rotatable bonds is 5. The summed E-state index contributed by atoms with van der Waals surface area (Å²) in [6.07, 6.45) is 1.44. The van der Waals surface area contributed by atoms with Gasteiger partial charge in [-0.2, -0.15) is 5.10 Å². The number of aromatic carboxylic acids is 1. The van der Waals surface area contributed by atoms with Gasteiger partial charge in [0.05, 0.1) is 11.5 Å². The van der Waals surface area contributed by atoms with E-state index in [0.29, 0.717) is 17.7 Å². The third-order valence-corrected chi connectivity index (χ3v) is 3.86. The van der Waals surface area contributed by atoms with Gasteiger partial charge in [-0.05, 0) is 12.5 Å². The first-order chi connectivity index (χ1) is 12.0. The predicted octanol–water partition coefficient (Wildman–Crippen LogP) is 3.51. The second kappa shape index (κ2) is 6.56. The summed E-state index contributed by atoms with van der Waals surface area (Å²) >= 11 is 0. The monoisotopic (exact) mass is 337 g/mol. The second-order valence-electron chi connectivity index (χ2n) is 5.64. The molecule has 0 aliphatic carbocycles. The minimum atomic E-state index is -1.13. The number of carboxylic acids is 1. The lowest BCUT2D eigenvalue weighted by Gasteiger charge is -2.03. The van der Waals surface area contributed by atoms with Gasteiger partial charge in [0.15, 0.2) is 0 Å². The van der Waals surface area contributed by atoms with Crippen molar-refractivity contribution in [1.29, 1.82) is 0 Å². The highest BCUT2D eigenvalue weighted by atomic mass is 16.6. The Morgan fingerprint density at radius 2 is 1.96 bits per heavy atom. The largest absolute Gasteiger partial charge is 0.478 e. The molecule has 3 aromatic rings. The van der Waals surface area contributed by atoms with Gasteiger partial charge in [0.1, 0.15) is 11.3 Å². The average Bonchev–Trinajstić information content (AvgIpc) is 3.00. The molecule has 7 heteroatoms. The Hall–Kier alpha value is -3.48. The maximum Gasteiger partial charge on any atom is 0.339 e.